The molecule has 1 aliphatic heterocycles. The number of hydrogen-bond donors (Lipinski definition) is 1. The van der Waals surface area contributed by atoms with E-state index in [1.54, 1.807) is 30.3 Å². The van der Waals surface area contributed by atoms with Crippen LogP contribution >= 0.6 is 0 Å². The lowest BCUT2D eigenvalue weighted by atomic mass is 10.2. The number of hydrogen-bond acceptors (Lipinski definition) is 4. The van der Waals surface area contributed by atoms with Gasteiger partial charge in [0, 0.05) is 30.7 Å². The highest BCUT2D eigenvalue weighted by atomic mass is 32.2. The summed E-state index contributed by atoms with van der Waals surface area (Å²) in [6, 6.07) is 8.32. The fourth-order valence-corrected chi connectivity index (χ4v) is 4.49. The Bertz CT molecular complexity index is 902. The summed E-state index contributed by atoms with van der Waals surface area (Å²) in [4.78, 5) is 16.8. The van der Waals surface area contributed by atoms with Crippen molar-refractivity contribution in [3.8, 4) is 0 Å². The third-order valence-corrected chi connectivity index (χ3v) is 6.48. The number of amides is 1. The van der Waals surface area contributed by atoms with E-state index in [0.717, 1.165) is 30.5 Å². The molecule has 0 bridgehead atoms. The Labute approximate surface area is 154 Å². The van der Waals surface area contributed by atoms with E-state index in [2.05, 4.69) is 10.3 Å². The molecule has 6 nitrogen and oxygen atoms in total. The van der Waals surface area contributed by atoms with Crippen LogP contribution in [0.2, 0.25) is 0 Å². The third kappa shape index (κ3) is 3.94. The molecule has 2 aromatic rings. The first-order valence-corrected chi connectivity index (χ1v) is 10.2. The highest BCUT2D eigenvalue weighted by Gasteiger charge is 2.26. The Morgan fingerprint density at radius 1 is 1.08 bits per heavy atom. The number of carbonyl (C=O) groups is 1. The molecule has 138 valence electrons. The Balaban J connectivity index is 1.85. The van der Waals surface area contributed by atoms with Crippen molar-refractivity contribution in [3.05, 3.63) is 53.3 Å². The topological polar surface area (TPSA) is 79.4 Å². The van der Waals surface area contributed by atoms with Gasteiger partial charge >= 0.3 is 0 Å². The average Bonchev–Trinajstić information content (AvgIpc) is 2.64. The molecule has 1 aromatic heterocycles. The average molecular weight is 373 g/mol. The fraction of sp³-hybridized carbons (Fsp3) is 0.368. The lowest BCUT2D eigenvalue weighted by Crippen LogP contribution is -2.35. The van der Waals surface area contributed by atoms with Crippen LogP contribution in [0.5, 0.6) is 0 Å². The zero-order valence-electron chi connectivity index (χ0n) is 15.0. The molecule has 7 heteroatoms. The van der Waals surface area contributed by atoms with Crippen LogP contribution in [0.15, 0.2) is 41.4 Å². The molecule has 2 heterocycles. The van der Waals surface area contributed by atoms with Crippen LogP contribution in [-0.2, 0) is 10.0 Å². The van der Waals surface area contributed by atoms with Gasteiger partial charge in [0.05, 0.1) is 10.5 Å². The summed E-state index contributed by atoms with van der Waals surface area (Å²) in [6.45, 7) is 4.78. The van der Waals surface area contributed by atoms with Crippen LogP contribution in [0.4, 0.5) is 5.69 Å². The van der Waals surface area contributed by atoms with Crippen molar-refractivity contribution in [1.29, 1.82) is 0 Å². The van der Waals surface area contributed by atoms with Gasteiger partial charge in [0.25, 0.3) is 5.91 Å². The first-order chi connectivity index (χ1) is 12.4. The fourth-order valence-electron chi connectivity index (χ4n) is 2.95. The third-order valence-electron chi connectivity index (χ3n) is 4.58. The maximum atomic E-state index is 12.8. The van der Waals surface area contributed by atoms with E-state index in [9.17, 15) is 13.2 Å². The Morgan fingerprint density at radius 3 is 2.46 bits per heavy atom. The number of carbonyl (C=O) groups excluding carboxylic acids is 1. The molecule has 1 aliphatic rings. The number of anilines is 1. The van der Waals surface area contributed by atoms with Gasteiger partial charge in [-0.05, 0) is 56.5 Å². The van der Waals surface area contributed by atoms with Crippen LogP contribution < -0.4 is 5.32 Å². The van der Waals surface area contributed by atoms with Gasteiger partial charge in [-0.1, -0.05) is 12.5 Å². The number of benzene rings is 1. The summed E-state index contributed by atoms with van der Waals surface area (Å²) in [7, 11) is -3.54. The van der Waals surface area contributed by atoms with Gasteiger partial charge in [-0.15, -0.1) is 0 Å². The first-order valence-electron chi connectivity index (χ1n) is 8.73. The second-order valence-electron chi connectivity index (χ2n) is 6.58. The molecule has 3 rings (SSSR count). The lowest BCUT2D eigenvalue weighted by molar-refractivity contribution is 0.102. The normalized spacial score (nSPS) is 15.6. The molecule has 1 aromatic carbocycles. The molecule has 0 unspecified atom stereocenters. The van der Waals surface area contributed by atoms with Crippen molar-refractivity contribution in [3.63, 3.8) is 0 Å². The quantitative estimate of drug-likeness (QED) is 0.893. The zero-order valence-corrected chi connectivity index (χ0v) is 15.8. The van der Waals surface area contributed by atoms with Crippen molar-refractivity contribution in [2.75, 3.05) is 18.4 Å². The summed E-state index contributed by atoms with van der Waals surface area (Å²) >= 11 is 0. The highest BCUT2D eigenvalue weighted by molar-refractivity contribution is 7.89. The van der Waals surface area contributed by atoms with Gasteiger partial charge < -0.3 is 5.32 Å². The highest BCUT2D eigenvalue weighted by Crippen LogP contribution is 2.25. The summed E-state index contributed by atoms with van der Waals surface area (Å²) in [5, 5.41) is 2.80. The number of rotatable bonds is 4. The van der Waals surface area contributed by atoms with E-state index in [-0.39, 0.29) is 10.8 Å². The molecular weight excluding hydrogens is 350 g/mol. The zero-order chi connectivity index (χ0) is 18.7. The number of piperidine rings is 1. The van der Waals surface area contributed by atoms with E-state index in [1.807, 2.05) is 13.8 Å². The minimum atomic E-state index is -3.54. The molecule has 1 N–H and O–H groups in total. The van der Waals surface area contributed by atoms with E-state index < -0.39 is 10.0 Å². The molecular formula is C19H23N3O3S. The molecule has 0 aliphatic carbocycles. The van der Waals surface area contributed by atoms with Crippen molar-refractivity contribution >= 4 is 21.6 Å². The van der Waals surface area contributed by atoms with E-state index in [4.69, 9.17) is 0 Å². The van der Waals surface area contributed by atoms with Crippen LogP contribution in [0.1, 0.15) is 40.9 Å². The lowest BCUT2D eigenvalue weighted by Gasteiger charge is -2.26. The summed E-state index contributed by atoms with van der Waals surface area (Å²) < 4.78 is 27.2. The molecule has 0 spiro atoms. The molecule has 0 saturated carbocycles. The maximum absolute atomic E-state index is 12.8. The number of sulfonamides is 1. The van der Waals surface area contributed by atoms with Crippen molar-refractivity contribution in [2.24, 2.45) is 0 Å². The number of pyridine rings is 1. The molecule has 0 radical (unpaired) electrons. The van der Waals surface area contributed by atoms with Crippen molar-refractivity contribution in [1.82, 2.24) is 9.29 Å². The Hall–Kier alpha value is -2.25. The van der Waals surface area contributed by atoms with Gasteiger partial charge in [0.2, 0.25) is 10.0 Å². The van der Waals surface area contributed by atoms with Crippen LogP contribution in [0, 0.1) is 13.8 Å². The van der Waals surface area contributed by atoms with Crippen molar-refractivity contribution in [2.45, 2.75) is 38.0 Å². The first kappa shape index (κ1) is 18.5. The predicted octanol–water partition coefficient (Wildman–Crippen LogP) is 3.13. The van der Waals surface area contributed by atoms with Crippen LogP contribution in [-0.4, -0.2) is 36.7 Å². The van der Waals surface area contributed by atoms with Gasteiger partial charge in [-0.3, -0.25) is 9.78 Å². The largest absolute Gasteiger partial charge is 0.322 e. The number of nitrogens with zero attached hydrogens (tertiary/aromatic N) is 2. The molecule has 26 heavy (non-hydrogen) atoms. The predicted molar refractivity (Wildman–Crippen MR) is 101 cm³/mol. The van der Waals surface area contributed by atoms with Crippen molar-refractivity contribution < 1.29 is 13.2 Å². The standard InChI is InChI=1S/C19H23N3O3S/c1-14-6-9-17(26(24,25)22-10-4-3-5-11-22)12-18(14)21-19(23)16-8-7-15(2)20-13-16/h6-9,12-13H,3-5,10-11H2,1-2H3,(H,21,23). The maximum Gasteiger partial charge on any atom is 0.257 e. The Kier molecular flexibility index (Phi) is 5.38. The van der Waals surface area contributed by atoms with E-state index in [0.29, 0.717) is 24.3 Å². The minimum absolute atomic E-state index is 0.210. The van der Waals surface area contributed by atoms with Gasteiger partial charge in [0.15, 0.2) is 0 Å². The smallest absolute Gasteiger partial charge is 0.257 e. The van der Waals surface area contributed by atoms with Gasteiger partial charge in [-0.25, -0.2) is 8.42 Å². The summed E-state index contributed by atoms with van der Waals surface area (Å²) in [6.07, 6.45) is 4.34. The molecule has 1 amide bonds. The number of aryl methyl sites for hydroxylation is 2. The minimum Gasteiger partial charge on any atom is -0.322 e. The summed E-state index contributed by atoms with van der Waals surface area (Å²) in [5.74, 6) is -0.312. The molecule has 1 saturated heterocycles. The number of nitrogens with one attached hydrogen (secondary N) is 1. The monoisotopic (exact) mass is 373 g/mol. The molecule has 0 atom stereocenters. The van der Waals surface area contributed by atoms with Crippen LogP contribution in [0.25, 0.3) is 0 Å². The second-order valence-corrected chi connectivity index (χ2v) is 8.52. The van der Waals surface area contributed by atoms with E-state index >= 15 is 0 Å². The van der Waals surface area contributed by atoms with E-state index in [1.165, 1.54) is 10.5 Å². The van der Waals surface area contributed by atoms with Crippen LogP contribution in [0.3, 0.4) is 0 Å². The second kappa shape index (κ2) is 7.55. The summed E-state index contributed by atoms with van der Waals surface area (Å²) in [5.41, 5.74) is 2.55. The SMILES string of the molecule is Cc1ccc(C(=O)Nc2cc(S(=O)(=O)N3CCCCC3)ccc2C)cn1. The number of aromatic nitrogens is 1. The van der Waals surface area contributed by atoms with Gasteiger partial charge in [0.1, 0.15) is 0 Å². The molecule has 1 fully saturated rings. The Morgan fingerprint density at radius 2 is 1.81 bits per heavy atom. The van der Waals surface area contributed by atoms with Gasteiger partial charge in [-0.2, -0.15) is 4.31 Å².